The molecule has 1 heterocycles. The van der Waals surface area contributed by atoms with Gasteiger partial charge in [0.2, 0.25) is 5.91 Å². The summed E-state index contributed by atoms with van der Waals surface area (Å²) >= 11 is 0. The molecule has 1 aliphatic heterocycles. The molecule has 0 bridgehead atoms. The van der Waals surface area contributed by atoms with Crippen LogP contribution in [0.5, 0.6) is 0 Å². The van der Waals surface area contributed by atoms with Crippen LogP contribution in [-0.2, 0) is 4.79 Å². The van der Waals surface area contributed by atoms with Crippen molar-refractivity contribution in [1.82, 2.24) is 10.2 Å². The quantitative estimate of drug-likeness (QED) is 0.778. The van der Waals surface area contributed by atoms with E-state index in [0.717, 1.165) is 38.9 Å². The van der Waals surface area contributed by atoms with Crippen LogP contribution in [0.2, 0.25) is 0 Å². The summed E-state index contributed by atoms with van der Waals surface area (Å²) in [5, 5.41) is 3.34. The number of carbonyl (C=O) groups is 1. The molecule has 1 saturated heterocycles. The lowest BCUT2D eigenvalue weighted by atomic mass is 9.88. The second-order valence-electron chi connectivity index (χ2n) is 5.38. The van der Waals surface area contributed by atoms with Crippen molar-refractivity contribution >= 4 is 5.91 Å². The topological polar surface area (TPSA) is 32.3 Å². The van der Waals surface area contributed by atoms with Crippen molar-refractivity contribution in [2.45, 2.75) is 53.0 Å². The average molecular weight is 226 g/mol. The molecule has 1 rings (SSSR count). The van der Waals surface area contributed by atoms with Gasteiger partial charge >= 0.3 is 0 Å². The molecule has 0 spiro atoms. The first-order valence-electron chi connectivity index (χ1n) is 6.54. The van der Waals surface area contributed by atoms with Gasteiger partial charge in [-0.3, -0.25) is 4.79 Å². The number of carbonyl (C=O) groups excluding carboxylic acids is 1. The summed E-state index contributed by atoms with van der Waals surface area (Å²) in [5.41, 5.74) is -0.211. The molecule has 0 radical (unpaired) electrons. The van der Waals surface area contributed by atoms with E-state index in [1.54, 1.807) is 0 Å². The Bertz CT molecular complexity index is 232. The van der Waals surface area contributed by atoms with Crippen LogP contribution in [0.3, 0.4) is 0 Å². The molecule has 3 nitrogen and oxygen atoms in total. The third-order valence-corrected chi connectivity index (χ3v) is 3.66. The van der Waals surface area contributed by atoms with Gasteiger partial charge in [0, 0.05) is 24.5 Å². The van der Waals surface area contributed by atoms with E-state index in [0.29, 0.717) is 11.9 Å². The van der Waals surface area contributed by atoms with Gasteiger partial charge in [0.25, 0.3) is 0 Å². The van der Waals surface area contributed by atoms with Gasteiger partial charge in [-0.2, -0.15) is 0 Å². The fraction of sp³-hybridized carbons (Fsp3) is 0.923. The number of rotatable bonds is 5. The van der Waals surface area contributed by atoms with Crippen LogP contribution >= 0.6 is 0 Å². The van der Waals surface area contributed by atoms with Gasteiger partial charge in [-0.25, -0.2) is 0 Å². The Kier molecular flexibility index (Phi) is 4.78. The van der Waals surface area contributed by atoms with Crippen molar-refractivity contribution in [3.63, 3.8) is 0 Å². The highest BCUT2D eigenvalue weighted by Gasteiger charge is 2.34. The van der Waals surface area contributed by atoms with E-state index in [4.69, 9.17) is 0 Å². The Labute approximate surface area is 99.6 Å². The number of hydrogen-bond acceptors (Lipinski definition) is 2. The molecule has 1 unspecified atom stereocenters. The lowest BCUT2D eigenvalue weighted by Gasteiger charge is -2.35. The monoisotopic (exact) mass is 226 g/mol. The van der Waals surface area contributed by atoms with Crippen molar-refractivity contribution in [2.75, 3.05) is 19.6 Å². The molecule has 1 atom stereocenters. The van der Waals surface area contributed by atoms with Crippen LogP contribution in [0.15, 0.2) is 0 Å². The number of nitrogens with one attached hydrogen (secondary N) is 1. The van der Waals surface area contributed by atoms with Crippen molar-refractivity contribution in [1.29, 1.82) is 0 Å². The summed E-state index contributed by atoms with van der Waals surface area (Å²) in [6, 6.07) is 0.415. The third kappa shape index (κ3) is 2.97. The van der Waals surface area contributed by atoms with E-state index in [2.05, 4.69) is 37.9 Å². The van der Waals surface area contributed by atoms with Crippen molar-refractivity contribution in [3.8, 4) is 0 Å². The van der Waals surface area contributed by atoms with Crippen LogP contribution in [0, 0.1) is 5.41 Å². The van der Waals surface area contributed by atoms with E-state index in [1.165, 1.54) is 0 Å². The first kappa shape index (κ1) is 13.5. The second kappa shape index (κ2) is 5.67. The molecular weight excluding hydrogens is 200 g/mol. The molecule has 0 aromatic rings. The summed E-state index contributed by atoms with van der Waals surface area (Å²) in [6.07, 6.45) is 3.06. The Hall–Kier alpha value is -0.570. The fourth-order valence-electron chi connectivity index (χ4n) is 2.14. The van der Waals surface area contributed by atoms with Crippen molar-refractivity contribution < 1.29 is 4.79 Å². The minimum atomic E-state index is -0.211. The first-order valence-corrected chi connectivity index (χ1v) is 6.54. The maximum absolute atomic E-state index is 12.5. The fourth-order valence-corrected chi connectivity index (χ4v) is 2.14. The molecule has 1 N–H and O–H groups in total. The van der Waals surface area contributed by atoms with Gasteiger partial charge in [-0.15, -0.1) is 0 Å². The maximum Gasteiger partial charge on any atom is 0.228 e. The highest BCUT2D eigenvalue weighted by molar-refractivity contribution is 5.82. The van der Waals surface area contributed by atoms with Gasteiger partial charge in [-0.1, -0.05) is 27.7 Å². The zero-order valence-corrected chi connectivity index (χ0v) is 11.2. The standard InChI is InChI=1S/C13H26N2O/c1-5-9-15(11-7-8-14-10-11)12(16)13(3,4)6-2/h11,14H,5-10H2,1-4H3. The summed E-state index contributed by atoms with van der Waals surface area (Å²) in [5.74, 6) is 0.325. The van der Waals surface area contributed by atoms with E-state index >= 15 is 0 Å². The van der Waals surface area contributed by atoms with Gasteiger partial charge in [0.1, 0.15) is 0 Å². The normalized spacial score (nSPS) is 21.1. The first-order chi connectivity index (χ1) is 7.53. The molecule has 0 aromatic carbocycles. The SMILES string of the molecule is CCCN(C(=O)C(C)(C)CC)C1CCNC1. The molecule has 1 amide bonds. The summed E-state index contributed by atoms with van der Waals surface area (Å²) in [6.45, 7) is 11.3. The molecule has 0 aliphatic carbocycles. The predicted molar refractivity (Wildman–Crippen MR) is 67.4 cm³/mol. The van der Waals surface area contributed by atoms with Crippen LogP contribution < -0.4 is 5.32 Å². The van der Waals surface area contributed by atoms with E-state index < -0.39 is 0 Å². The number of hydrogen-bond donors (Lipinski definition) is 1. The third-order valence-electron chi connectivity index (χ3n) is 3.66. The van der Waals surface area contributed by atoms with Crippen molar-refractivity contribution in [2.24, 2.45) is 5.41 Å². The largest absolute Gasteiger partial charge is 0.338 e. The van der Waals surface area contributed by atoms with Crippen molar-refractivity contribution in [3.05, 3.63) is 0 Å². The average Bonchev–Trinajstić information content (AvgIpc) is 2.78. The van der Waals surface area contributed by atoms with Gasteiger partial charge in [-0.05, 0) is 25.8 Å². The maximum atomic E-state index is 12.5. The Balaban J connectivity index is 2.72. The van der Waals surface area contributed by atoms with E-state index in [-0.39, 0.29) is 5.41 Å². The summed E-state index contributed by atoms with van der Waals surface area (Å²) in [4.78, 5) is 14.6. The van der Waals surface area contributed by atoms with Gasteiger partial charge < -0.3 is 10.2 Å². The highest BCUT2D eigenvalue weighted by Crippen LogP contribution is 2.25. The lowest BCUT2D eigenvalue weighted by molar-refractivity contribution is -0.142. The Morgan fingerprint density at radius 1 is 1.44 bits per heavy atom. The molecule has 16 heavy (non-hydrogen) atoms. The minimum Gasteiger partial charge on any atom is -0.338 e. The number of nitrogens with zero attached hydrogens (tertiary/aromatic N) is 1. The smallest absolute Gasteiger partial charge is 0.228 e. The van der Waals surface area contributed by atoms with Crippen LogP contribution in [0.1, 0.15) is 47.0 Å². The van der Waals surface area contributed by atoms with Gasteiger partial charge in [0.05, 0.1) is 0 Å². The predicted octanol–water partition coefficient (Wildman–Crippen LogP) is 2.02. The van der Waals surface area contributed by atoms with E-state index in [9.17, 15) is 4.79 Å². The Morgan fingerprint density at radius 3 is 2.56 bits per heavy atom. The Morgan fingerprint density at radius 2 is 2.12 bits per heavy atom. The molecule has 1 aliphatic rings. The molecule has 3 heteroatoms. The second-order valence-corrected chi connectivity index (χ2v) is 5.38. The summed E-state index contributed by atoms with van der Waals surface area (Å²) < 4.78 is 0. The van der Waals surface area contributed by atoms with E-state index in [1.807, 2.05) is 0 Å². The van der Waals surface area contributed by atoms with Crippen LogP contribution in [-0.4, -0.2) is 36.5 Å². The lowest BCUT2D eigenvalue weighted by Crippen LogP contribution is -2.47. The zero-order valence-electron chi connectivity index (χ0n) is 11.2. The minimum absolute atomic E-state index is 0.211. The molecule has 94 valence electrons. The summed E-state index contributed by atoms with van der Waals surface area (Å²) in [7, 11) is 0. The van der Waals surface area contributed by atoms with Crippen LogP contribution in [0.4, 0.5) is 0 Å². The number of amides is 1. The molecule has 0 aromatic heterocycles. The molecular formula is C13H26N2O. The van der Waals surface area contributed by atoms with Crippen LogP contribution in [0.25, 0.3) is 0 Å². The molecule has 1 fully saturated rings. The van der Waals surface area contributed by atoms with Gasteiger partial charge in [0.15, 0.2) is 0 Å². The zero-order chi connectivity index (χ0) is 12.2. The molecule has 0 saturated carbocycles. The highest BCUT2D eigenvalue weighted by atomic mass is 16.2.